The molecule has 1 aliphatic heterocycles. The van der Waals surface area contributed by atoms with E-state index in [1.807, 2.05) is 67.3 Å². The summed E-state index contributed by atoms with van der Waals surface area (Å²) >= 11 is 0. The van der Waals surface area contributed by atoms with Gasteiger partial charge >= 0.3 is 6.03 Å². The number of anilines is 1. The van der Waals surface area contributed by atoms with Gasteiger partial charge in [0, 0.05) is 31.0 Å². The summed E-state index contributed by atoms with van der Waals surface area (Å²) in [4.78, 5) is 45.0. The summed E-state index contributed by atoms with van der Waals surface area (Å²) < 4.78 is 6.87. The molecule has 2 atom stereocenters. The van der Waals surface area contributed by atoms with Crippen molar-refractivity contribution < 1.29 is 24.2 Å². The van der Waals surface area contributed by atoms with Gasteiger partial charge in [0.2, 0.25) is 0 Å². The number of aryl methyl sites for hydroxylation is 1. The van der Waals surface area contributed by atoms with Crippen molar-refractivity contribution in [2.45, 2.75) is 78.4 Å². The van der Waals surface area contributed by atoms with Crippen LogP contribution >= 0.6 is 0 Å². The van der Waals surface area contributed by atoms with E-state index in [2.05, 4.69) is 24.5 Å². The second-order valence-electron chi connectivity index (χ2n) is 13.1. The standard InChI is InChI=1S/C40H50N6O5/c1-6-8-20-44(21-9-7-2)39(49)36-22-27(3)46(43-36)37-19-16-32(42-40(50)41-28(4)29-14-17-34(51-5)18-15-29)24-35(37)38(48)45-25-31-13-11-10-12-30(31)23-33(45)26-47/h10-19,22,24,28,33,47H,6-9,20-21,23,25-26H2,1-5H3,(H2,41,42,50)/t28-,33-/m0/s1. The third kappa shape index (κ3) is 8.78. The fourth-order valence-electron chi connectivity index (χ4n) is 6.45. The number of carbonyl (C=O) groups is 3. The summed E-state index contributed by atoms with van der Waals surface area (Å²) in [5.74, 6) is 0.271. The lowest BCUT2D eigenvalue weighted by Crippen LogP contribution is -2.46. The number of fused-ring (bicyclic) bond motifs is 1. The predicted molar refractivity (Wildman–Crippen MR) is 198 cm³/mol. The minimum atomic E-state index is -0.438. The highest BCUT2D eigenvalue weighted by atomic mass is 16.5. The van der Waals surface area contributed by atoms with E-state index in [9.17, 15) is 19.5 Å². The zero-order valence-electron chi connectivity index (χ0n) is 30.3. The van der Waals surface area contributed by atoms with Crippen LogP contribution in [0.15, 0.2) is 72.8 Å². The molecule has 0 saturated heterocycles. The molecule has 4 amide bonds. The number of nitrogens with zero attached hydrogens (tertiary/aromatic N) is 4. The number of rotatable bonds is 14. The summed E-state index contributed by atoms with van der Waals surface area (Å²) in [5, 5.41) is 21.0. The number of hydrogen-bond acceptors (Lipinski definition) is 6. The van der Waals surface area contributed by atoms with E-state index >= 15 is 0 Å². The van der Waals surface area contributed by atoms with Gasteiger partial charge in [0.15, 0.2) is 5.69 Å². The second-order valence-corrected chi connectivity index (χ2v) is 13.1. The molecular weight excluding hydrogens is 644 g/mol. The molecule has 0 aliphatic carbocycles. The number of aliphatic hydroxyl groups is 1. The Hall–Kier alpha value is -5.16. The lowest BCUT2D eigenvalue weighted by atomic mass is 9.93. The molecule has 5 rings (SSSR count). The van der Waals surface area contributed by atoms with Crippen LogP contribution in [-0.2, 0) is 13.0 Å². The monoisotopic (exact) mass is 694 g/mol. The molecule has 0 radical (unpaired) electrons. The zero-order chi connectivity index (χ0) is 36.5. The van der Waals surface area contributed by atoms with Gasteiger partial charge in [-0.2, -0.15) is 5.10 Å². The van der Waals surface area contributed by atoms with Gasteiger partial charge < -0.3 is 30.3 Å². The molecule has 0 saturated carbocycles. The van der Waals surface area contributed by atoms with Gasteiger partial charge in [0.1, 0.15) is 5.75 Å². The Kier molecular flexibility index (Phi) is 12.5. The predicted octanol–water partition coefficient (Wildman–Crippen LogP) is 6.67. The molecule has 11 heteroatoms. The van der Waals surface area contributed by atoms with Gasteiger partial charge in [-0.25, -0.2) is 9.48 Å². The molecule has 3 N–H and O–H groups in total. The van der Waals surface area contributed by atoms with Crippen LogP contribution in [-0.4, -0.2) is 75.4 Å². The number of methoxy groups -OCH3 is 1. The fraction of sp³-hybridized carbons (Fsp3) is 0.400. The van der Waals surface area contributed by atoms with Crippen LogP contribution in [0.4, 0.5) is 10.5 Å². The smallest absolute Gasteiger partial charge is 0.319 e. The summed E-state index contributed by atoms with van der Waals surface area (Å²) in [6.07, 6.45) is 4.27. The highest BCUT2D eigenvalue weighted by Crippen LogP contribution is 2.29. The van der Waals surface area contributed by atoms with E-state index in [0.717, 1.165) is 48.1 Å². The Bertz CT molecular complexity index is 1810. The van der Waals surface area contributed by atoms with Crippen LogP contribution in [0.3, 0.4) is 0 Å². The lowest BCUT2D eigenvalue weighted by molar-refractivity contribution is 0.0544. The zero-order valence-corrected chi connectivity index (χ0v) is 30.3. The molecule has 0 unspecified atom stereocenters. The second kappa shape index (κ2) is 17.2. The molecule has 1 aromatic heterocycles. The molecule has 0 fully saturated rings. The van der Waals surface area contributed by atoms with Gasteiger partial charge in [-0.05, 0) is 86.2 Å². The van der Waals surface area contributed by atoms with Crippen molar-refractivity contribution in [2.75, 3.05) is 32.1 Å². The molecule has 11 nitrogen and oxygen atoms in total. The van der Waals surface area contributed by atoms with Crippen LogP contribution in [0, 0.1) is 6.92 Å². The van der Waals surface area contributed by atoms with Gasteiger partial charge in [-0.15, -0.1) is 0 Å². The normalized spacial score (nSPS) is 14.4. The largest absolute Gasteiger partial charge is 0.497 e. The van der Waals surface area contributed by atoms with E-state index in [0.29, 0.717) is 48.8 Å². The first kappa shape index (κ1) is 37.1. The van der Waals surface area contributed by atoms with E-state index < -0.39 is 12.1 Å². The van der Waals surface area contributed by atoms with Crippen molar-refractivity contribution in [1.82, 2.24) is 24.9 Å². The van der Waals surface area contributed by atoms with Crippen LogP contribution in [0.5, 0.6) is 5.75 Å². The first-order valence-corrected chi connectivity index (χ1v) is 17.9. The lowest BCUT2D eigenvalue weighted by Gasteiger charge is -2.36. The van der Waals surface area contributed by atoms with Crippen LogP contribution in [0.1, 0.15) is 95.7 Å². The number of aromatic nitrogens is 2. The number of aliphatic hydroxyl groups excluding tert-OH is 1. The summed E-state index contributed by atoms with van der Waals surface area (Å²) in [6, 6.07) is 21.1. The Labute approximate surface area is 300 Å². The first-order valence-electron chi connectivity index (χ1n) is 17.9. The molecule has 1 aliphatic rings. The fourth-order valence-corrected chi connectivity index (χ4v) is 6.45. The maximum atomic E-state index is 14.6. The summed E-state index contributed by atoms with van der Waals surface area (Å²) in [5.41, 5.74) is 5.18. The van der Waals surface area contributed by atoms with Crippen molar-refractivity contribution in [2.24, 2.45) is 0 Å². The third-order valence-corrected chi connectivity index (χ3v) is 9.46. The topological polar surface area (TPSA) is 129 Å². The molecule has 3 aromatic carbocycles. The van der Waals surface area contributed by atoms with E-state index in [1.165, 1.54) is 0 Å². The highest BCUT2D eigenvalue weighted by molar-refractivity contribution is 6.00. The van der Waals surface area contributed by atoms with Crippen molar-refractivity contribution >= 4 is 23.5 Å². The van der Waals surface area contributed by atoms with E-state index in [4.69, 9.17) is 9.84 Å². The van der Waals surface area contributed by atoms with Gasteiger partial charge in [-0.1, -0.05) is 63.1 Å². The SMILES string of the molecule is CCCCN(CCCC)C(=O)c1cc(C)n(-c2ccc(NC(=O)N[C@@H](C)c3ccc(OC)cc3)cc2C(=O)N2Cc3ccccc3C[C@H]2CO)n1. The molecule has 51 heavy (non-hydrogen) atoms. The summed E-state index contributed by atoms with van der Waals surface area (Å²) in [6.45, 7) is 9.37. The number of hydrogen-bond donors (Lipinski definition) is 3. The quantitative estimate of drug-likeness (QED) is 0.135. The van der Waals surface area contributed by atoms with E-state index in [1.54, 1.807) is 41.0 Å². The van der Waals surface area contributed by atoms with Gasteiger partial charge in [0.25, 0.3) is 11.8 Å². The van der Waals surface area contributed by atoms with E-state index in [-0.39, 0.29) is 30.0 Å². The number of carbonyl (C=O) groups excluding carboxylic acids is 3. The summed E-state index contributed by atoms with van der Waals surface area (Å²) in [7, 11) is 1.60. The van der Waals surface area contributed by atoms with Crippen molar-refractivity contribution in [3.8, 4) is 11.4 Å². The average Bonchev–Trinajstić information content (AvgIpc) is 3.54. The Balaban J connectivity index is 1.48. The third-order valence-electron chi connectivity index (χ3n) is 9.46. The highest BCUT2D eigenvalue weighted by Gasteiger charge is 2.32. The first-order chi connectivity index (χ1) is 24.7. The number of benzene rings is 3. The minimum absolute atomic E-state index is 0.138. The van der Waals surface area contributed by atoms with Crippen molar-refractivity contribution in [3.63, 3.8) is 0 Å². The van der Waals surface area contributed by atoms with Crippen molar-refractivity contribution in [1.29, 1.82) is 0 Å². The van der Waals surface area contributed by atoms with Crippen LogP contribution in [0.2, 0.25) is 0 Å². The van der Waals surface area contributed by atoms with Crippen LogP contribution < -0.4 is 15.4 Å². The average molecular weight is 695 g/mol. The number of ether oxygens (including phenoxy) is 1. The Morgan fingerprint density at radius 1 is 0.980 bits per heavy atom. The Morgan fingerprint density at radius 3 is 2.31 bits per heavy atom. The molecule has 0 bridgehead atoms. The van der Waals surface area contributed by atoms with Crippen LogP contribution in [0.25, 0.3) is 5.69 Å². The van der Waals surface area contributed by atoms with Gasteiger partial charge in [0.05, 0.1) is 37.1 Å². The molecule has 2 heterocycles. The minimum Gasteiger partial charge on any atom is -0.497 e. The number of urea groups is 1. The molecule has 270 valence electrons. The molecule has 4 aromatic rings. The molecular formula is C40H50N6O5. The molecule has 0 spiro atoms. The number of amides is 4. The number of nitrogens with one attached hydrogen (secondary N) is 2. The maximum absolute atomic E-state index is 14.6. The van der Waals surface area contributed by atoms with Crippen molar-refractivity contribution in [3.05, 3.63) is 106 Å². The maximum Gasteiger partial charge on any atom is 0.319 e. The number of unbranched alkanes of at least 4 members (excludes halogenated alkanes) is 2. The Morgan fingerprint density at radius 2 is 1.67 bits per heavy atom. The van der Waals surface area contributed by atoms with Gasteiger partial charge in [-0.3, -0.25) is 9.59 Å².